The van der Waals surface area contributed by atoms with Crippen molar-refractivity contribution in [3.8, 4) is 6.07 Å². The normalized spacial score (nSPS) is 10.0. The Morgan fingerprint density at radius 2 is 2.21 bits per heavy atom. The van der Waals surface area contributed by atoms with Crippen LogP contribution >= 0.6 is 22.9 Å². The van der Waals surface area contributed by atoms with Gasteiger partial charge in [-0.15, -0.1) is 11.3 Å². The molecule has 0 aliphatic rings. The predicted octanol–water partition coefficient (Wildman–Crippen LogP) is 3.95. The Kier molecular flexibility index (Phi) is 4.31. The van der Waals surface area contributed by atoms with Crippen molar-refractivity contribution >= 4 is 34.3 Å². The summed E-state index contributed by atoms with van der Waals surface area (Å²) in [5.74, 6) is 0. The molecule has 0 unspecified atom stereocenters. The van der Waals surface area contributed by atoms with Crippen LogP contribution in [0.3, 0.4) is 0 Å². The van der Waals surface area contributed by atoms with Crippen molar-refractivity contribution in [2.45, 2.75) is 6.54 Å². The standard InChI is InChI=1S/C14H14ClN3S/c1-18(2)14-12(15)4-3-5-13(14)17-8-11-6-10(7-16)9-19-11/h3-6,9,17H,8H2,1-2H3. The molecule has 0 bridgehead atoms. The molecular weight excluding hydrogens is 278 g/mol. The van der Waals surface area contributed by atoms with Gasteiger partial charge in [0.05, 0.1) is 22.0 Å². The van der Waals surface area contributed by atoms with Crippen LogP contribution in [0.4, 0.5) is 11.4 Å². The fourth-order valence-electron chi connectivity index (χ4n) is 1.83. The zero-order valence-electron chi connectivity index (χ0n) is 10.8. The summed E-state index contributed by atoms with van der Waals surface area (Å²) < 4.78 is 0. The summed E-state index contributed by atoms with van der Waals surface area (Å²) in [6.07, 6.45) is 0. The molecule has 0 aliphatic heterocycles. The maximum atomic E-state index is 8.80. The second-order valence-electron chi connectivity index (χ2n) is 4.30. The summed E-state index contributed by atoms with van der Waals surface area (Å²) in [6, 6.07) is 9.84. The van der Waals surface area contributed by atoms with Gasteiger partial charge in [0.2, 0.25) is 0 Å². The van der Waals surface area contributed by atoms with E-state index in [0.29, 0.717) is 12.1 Å². The quantitative estimate of drug-likeness (QED) is 0.927. The van der Waals surface area contributed by atoms with E-state index in [2.05, 4.69) is 11.4 Å². The zero-order valence-corrected chi connectivity index (χ0v) is 12.3. The number of nitrogens with one attached hydrogen (secondary N) is 1. The van der Waals surface area contributed by atoms with E-state index < -0.39 is 0 Å². The van der Waals surface area contributed by atoms with Crippen LogP contribution in [0.5, 0.6) is 0 Å². The van der Waals surface area contributed by atoms with E-state index >= 15 is 0 Å². The van der Waals surface area contributed by atoms with E-state index in [0.717, 1.165) is 21.3 Å². The van der Waals surface area contributed by atoms with E-state index in [1.165, 1.54) is 0 Å². The van der Waals surface area contributed by atoms with Gasteiger partial charge in [0.25, 0.3) is 0 Å². The van der Waals surface area contributed by atoms with Crippen molar-refractivity contribution in [2.75, 3.05) is 24.3 Å². The van der Waals surface area contributed by atoms with E-state index in [-0.39, 0.29) is 0 Å². The predicted molar refractivity (Wildman–Crippen MR) is 82.1 cm³/mol. The number of hydrogen-bond acceptors (Lipinski definition) is 4. The summed E-state index contributed by atoms with van der Waals surface area (Å²) in [6.45, 7) is 0.688. The number of hydrogen-bond donors (Lipinski definition) is 1. The molecule has 98 valence electrons. The van der Waals surface area contributed by atoms with E-state index in [9.17, 15) is 0 Å². The lowest BCUT2D eigenvalue weighted by Crippen LogP contribution is -2.12. The topological polar surface area (TPSA) is 39.1 Å². The highest BCUT2D eigenvalue weighted by molar-refractivity contribution is 7.10. The first-order chi connectivity index (χ1) is 9.11. The third kappa shape index (κ3) is 3.19. The molecule has 3 nitrogen and oxygen atoms in total. The zero-order chi connectivity index (χ0) is 13.8. The monoisotopic (exact) mass is 291 g/mol. The smallest absolute Gasteiger partial charge is 0.100 e. The summed E-state index contributed by atoms with van der Waals surface area (Å²) in [4.78, 5) is 3.11. The molecule has 2 rings (SSSR count). The number of benzene rings is 1. The summed E-state index contributed by atoms with van der Waals surface area (Å²) in [5, 5.41) is 14.7. The van der Waals surface area contributed by atoms with Crippen LogP contribution in [0.2, 0.25) is 5.02 Å². The largest absolute Gasteiger partial charge is 0.378 e. The van der Waals surface area contributed by atoms with Gasteiger partial charge in [0, 0.05) is 30.9 Å². The number of anilines is 2. The molecule has 1 N–H and O–H groups in total. The van der Waals surface area contributed by atoms with Gasteiger partial charge in [-0.3, -0.25) is 0 Å². The first-order valence-electron chi connectivity index (χ1n) is 5.79. The molecule has 2 aromatic rings. The number of thiophene rings is 1. The second-order valence-corrected chi connectivity index (χ2v) is 5.70. The summed E-state index contributed by atoms with van der Waals surface area (Å²) >= 11 is 7.79. The highest BCUT2D eigenvalue weighted by Gasteiger charge is 2.09. The number of nitriles is 1. The molecule has 0 atom stereocenters. The fraction of sp³-hybridized carbons (Fsp3) is 0.214. The molecule has 0 radical (unpaired) electrons. The lowest BCUT2D eigenvalue weighted by atomic mass is 10.2. The van der Waals surface area contributed by atoms with Crippen LogP contribution in [-0.2, 0) is 6.54 Å². The molecule has 0 spiro atoms. The molecule has 0 saturated carbocycles. The molecular formula is C14H14ClN3S. The van der Waals surface area contributed by atoms with Crippen molar-refractivity contribution in [2.24, 2.45) is 0 Å². The molecule has 1 aromatic heterocycles. The van der Waals surface area contributed by atoms with E-state index in [4.69, 9.17) is 16.9 Å². The number of halogens is 1. The van der Waals surface area contributed by atoms with Gasteiger partial charge >= 0.3 is 0 Å². The van der Waals surface area contributed by atoms with Gasteiger partial charge in [-0.05, 0) is 18.2 Å². The minimum Gasteiger partial charge on any atom is -0.378 e. The van der Waals surface area contributed by atoms with Crippen molar-refractivity contribution in [1.29, 1.82) is 5.26 Å². The number of rotatable bonds is 4. The van der Waals surface area contributed by atoms with Gasteiger partial charge in [-0.1, -0.05) is 17.7 Å². The molecule has 0 aliphatic carbocycles. The Bertz CT molecular complexity index is 613. The van der Waals surface area contributed by atoms with Crippen LogP contribution in [0.15, 0.2) is 29.6 Å². The van der Waals surface area contributed by atoms with E-state index in [1.807, 2.05) is 48.6 Å². The lowest BCUT2D eigenvalue weighted by Gasteiger charge is -2.19. The fourth-order valence-corrected chi connectivity index (χ4v) is 2.92. The summed E-state index contributed by atoms with van der Waals surface area (Å²) in [7, 11) is 3.93. The van der Waals surface area contributed by atoms with Gasteiger partial charge in [0.1, 0.15) is 6.07 Å². The molecule has 1 aromatic carbocycles. The minimum absolute atomic E-state index is 0.688. The maximum absolute atomic E-state index is 8.80. The van der Waals surface area contributed by atoms with Crippen molar-refractivity contribution in [3.63, 3.8) is 0 Å². The van der Waals surface area contributed by atoms with Crippen LogP contribution in [-0.4, -0.2) is 14.1 Å². The van der Waals surface area contributed by atoms with Crippen LogP contribution in [0.1, 0.15) is 10.4 Å². The first-order valence-corrected chi connectivity index (χ1v) is 7.05. The van der Waals surface area contributed by atoms with Crippen molar-refractivity contribution in [3.05, 3.63) is 45.1 Å². The highest BCUT2D eigenvalue weighted by Crippen LogP contribution is 2.32. The van der Waals surface area contributed by atoms with Crippen LogP contribution in [0, 0.1) is 11.3 Å². The summed E-state index contributed by atoms with van der Waals surface area (Å²) in [5.41, 5.74) is 2.67. The van der Waals surface area contributed by atoms with Gasteiger partial charge in [-0.2, -0.15) is 5.26 Å². The SMILES string of the molecule is CN(C)c1c(Cl)cccc1NCc1cc(C#N)cs1. The first kappa shape index (κ1) is 13.7. The Hall–Kier alpha value is -1.70. The second kappa shape index (κ2) is 5.96. The average Bonchev–Trinajstić information content (AvgIpc) is 2.83. The van der Waals surface area contributed by atoms with Crippen molar-refractivity contribution in [1.82, 2.24) is 0 Å². The van der Waals surface area contributed by atoms with Gasteiger partial charge in [0.15, 0.2) is 0 Å². The molecule has 5 heteroatoms. The van der Waals surface area contributed by atoms with Crippen LogP contribution < -0.4 is 10.2 Å². The Morgan fingerprint density at radius 3 is 2.84 bits per heavy atom. The lowest BCUT2D eigenvalue weighted by molar-refractivity contribution is 1.11. The molecule has 1 heterocycles. The molecule has 0 saturated heterocycles. The Balaban J connectivity index is 2.16. The highest BCUT2D eigenvalue weighted by atomic mass is 35.5. The minimum atomic E-state index is 0.688. The number of nitrogens with zero attached hydrogens (tertiary/aromatic N) is 2. The maximum Gasteiger partial charge on any atom is 0.100 e. The van der Waals surface area contributed by atoms with Gasteiger partial charge in [-0.25, -0.2) is 0 Å². The Morgan fingerprint density at radius 1 is 1.42 bits per heavy atom. The molecule has 0 fully saturated rings. The van der Waals surface area contributed by atoms with Gasteiger partial charge < -0.3 is 10.2 Å². The molecule has 0 amide bonds. The number of para-hydroxylation sites is 1. The van der Waals surface area contributed by atoms with Crippen molar-refractivity contribution < 1.29 is 0 Å². The third-order valence-corrected chi connectivity index (χ3v) is 3.91. The van der Waals surface area contributed by atoms with Crippen LogP contribution in [0.25, 0.3) is 0 Å². The Labute approximate surface area is 122 Å². The average molecular weight is 292 g/mol. The van der Waals surface area contributed by atoms with E-state index in [1.54, 1.807) is 11.3 Å². The third-order valence-electron chi connectivity index (χ3n) is 2.67. The molecule has 19 heavy (non-hydrogen) atoms.